The Balaban J connectivity index is 2.39. The lowest BCUT2D eigenvalue weighted by Crippen LogP contribution is -2.28. The van der Waals surface area contributed by atoms with Crippen LogP contribution in [0.5, 0.6) is 0 Å². The van der Waals surface area contributed by atoms with Crippen molar-refractivity contribution in [3.05, 3.63) is 23.0 Å². The summed E-state index contributed by atoms with van der Waals surface area (Å²) in [4.78, 5) is 0. The van der Waals surface area contributed by atoms with Crippen LogP contribution in [-0.2, 0) is 4.74 Å². The summed E-state index contributed by atoms with van der Waals surface area (Å²) in [6.45, 7) is 6.07. The Hall–Kier alpha value is -0.860. The summed E-state index contributed by atoms with van der Waals surface area (Å²) < 4.78 is 29.9. The Bertz CT molecular complexity index is 409. The average Bonchev–Trinajstić information content (AvgIpc) is 2.68. The van der Waals surface area contributed by atoms with Crippen LogP contribution in [0.2, 0.25) is 0 Å². The minimum atomic E-state index is -2.72. The van der Waals surface area contributed by atoms with Crippen LogP contribution in [0.1, 0.15) is 53.4 Å². The number of ether oxygens (including phenoxy) is 1. The number of hydrogen-bond donors (Lipinski definition) is 0. The molecule has 0 saturated carbocycles. The molecule has 19 heavy (non-hydrogen) atoms. The maximum Gasteiger partial charge on any atom is 0.387 e. The predicted molar refractivity (Wildman–Crippen MR) is 72.8 cm³/mol. The minimum Gasteiger partial charge on any atom is -0.435 e. The molecule has 0 aromatic rings. The molecule has 0 spiro atoms. The fourth-order valence-corrected chi connectivity index (χ4v) is 3.93. The third-order valence-corrected chi connectivity index (χ3v) is 5.00. The molecule has 0 saturated heterocycles. The number of hydrogen-bond acceptors (Lipinski definition) is 1. The molecule has 0 amide bonds. The molecule has 2 atom stereocenters. The molecule has 2 rings (SSSR count). The zero-order valence-electron chi connectivity index (χ0n) is 12.3. The zero-order valence-corrected chi connectivity index (χ0v) is 12.3. The van der Waals surface area contributed by atoms with Gasteiger partial charge in [-0.15, -0.1) is 0 Å². The SMILES string of the molecule is CCC1(C(C)C)CCC2=C1CC(C)C=C2OC(F)F. The summed E-state index contributed by atoms with van der Waals surface area (Å²) in [5.74, 6) is 1.28. The molecular formula is C16H24F2O. The highest BCUT2D eigenvalue weighted by molar-refractivity contribution is 5.43. The van der Waals surface area contributed by atoms with E-state index < -0.39 is 6.61 Å². The highest BCUT2D eigenvalue weighted by atomic mass is 19.3. The van der Waals surface area contributed by atoms with Gasteiger partial charge in [0.1, 0.15) is 5.76 Å². The quantitative estimate of drug-likeness (QED) is 0.674. The molecule has 0 aromatic carbocycles. The topological polar surface area (TPSA) is 9.23 Å². The molecule has 108 valence electrons. The van der Waals surface area contributed by atoms with Gasteiger partial charge >= 0.3 is 6.61 Å². The lowest BCUT2D eigenvalue weighted by Gasteiger charge is -2.38. The van der Waals surface area contributed by atoms with Crippen molar-refractivity contribution < 1.29 is 13.5 Å². The summed E-state index contributed by atoms with van der Waals surface area (Å²) in [6, 6.07) is 0. The van der Waals surface area contributed by atoms with E-state index in [1.54, 1.807) is 0 Å². The molecule has 0 radical (unpaired) electrons. The first kappa shape index (κ1) is 14.5. The molecule has 0 heterocycles. The Morgan fingerprint density at radius 3 is 2.63 bits per heavy atom. The number of halogens is 2. The van der Waals surface area contributed by atoms with Crippen molar-refractivity contribution in [1.29, 1.82) is 0 Å². The molecule has 3 heteroatoms. The van der Waals surface area contributed by atoms with E-state index in [0.29, 0.717) is 11.7 Å². The average molecular weight is 270 g/mol. The van der Waals surface area contributed by atoms with E-state index in [9.17, 15) is 8.78 Å². The van der Waals surface area contributed by atoms with Gasteiger partial charge in [-0.2, -0.15) is 8.78 Å². The van der Waals surface area contributed by atoms with Gasteiger partial charge in [-0.25, -0.2) is 0 Å². The van der Waals surface area contributed by atoms with Crippen LogP contribution in [0, 0.1) is 17.3 Å². The van der Waals surface area contributed by atoms with E-state index in [1.165, 1.54) is 5.57 Å². The predicted octanol–water partition coefficient (Wildman–Crippen LogP) is 5.29. The Labute approximate surface area is 114 Å². The lowest BCUT2D eigenvalue weighted by atomic mass is 9.67. The summed E-state index contributed by atoms with van der Waals surface area (Å²) in [6.07, 6.45) is 5.90. The first-order valence-electron chi connectivity index (χ1n) is 7.30. The van der Waals surface area contributed by atoms with Crippen LogP contribution >= 0.6 is 0 Å². The van der Waals surface area contributed by atoms with Crippen LogP contribution in [0.3, 0.4) is 0 Å². The zero-order chi connectivity index (χ0) is 14.2. The monoisotopic (exact) mass is 270 g/mol. The van der Waals surface area contributed by atoms with Crippen molar-refractivity contribution in [2.45, 2.75) is 60.0 Å². The van der Waals surface area contributed by atoms with Gasteiger partial charge in [-0.05, 0) is 54.6 Å². The number of alkyl halides is 2. The highest BCUT2D eigenvalue weighted by Gasteiger charge is 2.44. The first-order chi connectivity index (χ1) is 8.90. The second kappa shape index (κ2) is 5.26. The van der Waals surface area contributed by atoms with E-state index in [1.807, 2.05) is 6.08 Å². The van der Waals surface area contributed by atoms with Crippen molar-refractivity contribution in [3.63, 3.8) is 0 Å². The van der Waals surface area contributed by atoms with E-state index >= 15 is 0 Å². The number of allylic oxidation sites excluding steroid dienone is 3. The Morgan fingerprint density at radius 1 is 1.42 bits per heavy atom. The molecule has 2 aliphatic rings. The molecule has 0 aliphatic heterocycles. The fourth-order valence-electron chi connectivity index (χ4n) is 3.93. The standard InChI is InChI=1S/C16H24F2O/c1-5-16(10(2)3)7-6-12-13(16)8-11(4)9-14(12)19-15(17)18/h9-11,15H,5-8H2,1-4H3. The van der Waals surface area contributed by atoms with Crippen molar-refractivity contribution in [2.75, 3.05) is 0 Å². The van der Waals surface area contributed by atoms with Crippen molar-refractivity contribution >= 4 is 0 Å². The minimum absolute atomic E-state index is 0.189. The molecule has 0 bridgehead atoms. The maximum atomic E-state index is 12.6. The lowest BCUT2D eigenvalue weighted by molar-refractivity contribution is -0.0944. The van der Waals surface area contributed by atoms with E-state index in [-0.39, 0.29) is 11.3 Å². The summed E-state index contributed by atoms with van der Waals surface area (Å²) in [5.41, 5.74) is 2.64. The molecule has 2 aliphatic carbocycles. The summed E-state index contributed by atoms with van der Waals surface area (Å²) >= 11 is 0. The van der Waals surface area contributed by atoms with Crippen molar-refractivity contribution in [1.82, 2.24) is 0 Å². The Kier molecular flexibility index (Phi) is 4.03. The van der Waals surface area contributed by atoms with Crippen LogP contribution in [0.25, 0.3) is 0 Å². The van der Waals surface area contributed by atoms with Crippen LogP contribution in [0.4, 0.5) is 8.78 Å². The van der Waals surface area contributed by atoms with E-state index in [0.717, 1.165) is 31.3 Å². The third kappa shape index (κ3) is 2.44. The van der Waals surface area contributed by atoms with Crippen LogP contribution < -0.4 is 0 Å². The van der Waals surface area contributed by atoms with Crippen LogP contribution in [-0.4, -0.2) is 6.61 Å². The Morgan fingerprint density at radius 2 is 2.11 bits per heavy atom. The van der Waals surface area contributed by atoms with Gasteiger partial charge in [0, 0.05) is 0 Å². The normalized spacial score (nSPS) is 30.9. The second-order valence-electron chi connectivity index (χ2n) is 6.21. The van der Waals surface area contributed by atoms with Gasteiger partial charge in [0.2, 0.25) is 0 Å². The second-order valence-corrected chi connectivity index (χ2v) is 6.21. The van der Waals surface area contributed by atoms with Crippen LogP contribution in [0.15, 0.2) is 23.0 Å². The largest absolute Gasteiger partial charge is 0.435 e. The molecule has 0 N–H and O–H groups in total. The van der Waals surface area contributed by atoms with Gasteiger partial charge in [0.25, 0.3) is 0 Å². The molecule has 0 fully saturated rings. The van der Waals surface area contributed by atoms with Gasteiger partial charge in [-0.1, -0.05) is 33.3 Å². The smallest absolute Gasteiger partial charge is 0.387 e. The number of rotatable bonds is 4. The van der Waals surface area contributed by atoms with E-state index in [2.05, 4.69) is 27.7 Å². The molecular weight excluding hydrogens is 246 g/mol. The maximum absolute atomic E-state index is 12.6. The summed E-state index contributed by atoms with van der Waals surface area (Å²) in [5, 5.41) is 0. The molecule has 1 nitrogen and oxygen atoms in total. The van der Waals surface area contributed by atoms with Gasteiger partial charge in [0.05, 0.1) is 0 Å². The molecule has 2 unspecified atom stereocenters. The van der Waals surface area contributed by atoms with Crippen molar-refractivity contribution in [2.24, 2.45) is 17.3 Å². The fraction of sp³-hybridized carbons (Fsp3) is 0.750. The first-order valence-corrected chi connectivity index (χ1v) is 7.30. The molecule has 0 aromatic heterocycles. The third-order valence-electron chi connectivity index (χ3n) is 5.00. The van der Waals surface area contributed by atoms with Gasteiger partial charge in [-0.3, -0.25) is 0 Å². The van der Waals surface area contributed by atoms with Gasteiger partial charge < -0.3 is 4.74 Å². The van der Waals surface area contributed by atoms with E-state index in [4.69, 9.17) is 4.74 Å². The summed E-state index contributed by atoms with van der Waals surface area (Å²) in [7, 11) is 0. The van der Waals surface area contributed by atoms with Gasteiger partial charge in [0.15, 0.2) is 0 Å². The van der Waals surface area contributed by atoms with Crippen molar-refractivity contribution in [3.8, 4) is 0 Å². The highest BCUT2D eigenvalue weighted by Crippen LogP contribution is 2.56.